The first-order valence-electron chi connectivity index (χ1n) is 6.70. The van der Waals surface area contributed by atoms with Crippen molar-refractivity contribution in [2.75, 3.05) is 0 Å². The molecule has 0 saturated carbocycles. The van der Waals surface area contributed by atoms with Crippen molar-refractivity contribution in [3.8, 4) is 5.75 Å². The molecule has 0 bridgehead atoms. The van der Waals surface area contributed by atoms with E-state index in [0.29, 0.717) is 10.9 Å². The third kappa shape index (κ3) is 3.26. The molecule has 0 amide bonds. The summed E-state index contributed by atoms with van der Waals surface area (Å²) in [5.41, 5.74) is 0.413. The van der Waals surface area contributed by atoms with Crippen LogP contribution in [0.2, 0.25) is 10.0 Å². The quantitative estimate of drug-likeness (QED) is 0.500. The summed E-state index contributed by atoms with van der Waals surface area (Å²) in [5.74, 6) is -0.00714. The number of hydrogen-bond acceptors (Lipinski definition) is 5. The summed E-state index contributed by atoms with van der Waals surface area (Å²) >= 11 is 11.7. The van der Waals surface area contributed by atoms with Crippen molar-refractivity contribution in [1.82, 2.24) is 0 Å². The van der Waals surface area contributed by atoms with Crippen LogP contribution >= 0.6 is 23.2 Å². The largest absolute Gasteiger partial charge is 0.423 e. The molecular weight excluding hydrogens is 375 g/mol. The van der Waals surface area contributed by atoms with Crippen LogP contribution in [0.15, 0.2) is 56.6 Å². The second kappa shape index (κ2) is 6.12. The average Bonchev–Trinajstić information content (AvgIpc) is 2.48. The lowest BCUT2D eigenvalue weighted by atomic mass is 10.1. The zero-order valence-electron chi connectivity index (χ0n) is 12.2. The molecule has 0 saturated heterocycles. The summed E-state index contributed by atoms with van der Waals surface area (Å²) < 4.78 is 34.9. The SMILES string of the molecule is Cc1cc(=O)oc2cc(OS(=O)(=O)c3cc(Cl)ccc3Cl)ccc12. The highest BCUT2D eigenvalue weighted by Crippen LogP contribution is 2.29. The van der Waals surface area contributed by atoms with Gasteiger partial charge in [-0.1, -0.05) is 23.2 Å². The summed E-state index contributed by atoms with van der Waals surface area (Å²) in [6, 6.07) is 9.79. The number of rotatable bonds is 3. The Hall–Kier alpha value is -2.02. The Morgan fingerprint density at radius 3 is 2.54 bits per heavy atom. The average molecular weight is 385 g/mol. The molecule has 2 aromatic carbocycles. The van der Waals surface area contributed by atoms with Gasteiger partial charge >= 0.3 is 15.7 Å². The molecule has 0 N–H and O–H groups in total. The number of aryl methyl sites for hydroxylation is 1. The number of fused-ring (bicyclic) bond motifs is 1. The van der Waals surface area contributed by atoms with Gasteiger partial charge in [0, 0.05) is 22.5 Å². The first-order valence-corrected chi connectivity index (χ1v) is 8.87. The van der Waals surface area contributed by atoms with Gasteiger partial charge in [-0.3, -0.25) is 0 Å². The Kier molecular flexibility index (Phi) is 4.29. The van der Waals surface area contributed by atoms with Gasteiger partial charge in [-0.2, -0.15) is 8.42 Å². The van der Waals surface area contributed by atoms with Crippen molar-refractivity contribution in [3.05, 3.63) is 68.5 Å². The summed E-state index contributed by atoms with van der Waals surface area (Å²) in [6.45, 7) is 1.75. The molecule has 3 aromatic rings. The summed E-state index contributed by atoms with van der Waals surface area (Å²) in [7, 11) is -4.19. The van der Waals surface area contributed by atoms with Crippen molar-refractivity contribution >= 4 is 44.3 Å². The van der Waals surface area contributed by atoms with Crippen LogP contribution in [-0.4, -0.2) is 8.42 Å². The summed E-state index contributed by atoms with van der Waals surface area (Å²) in [4.78, 5) is 11.2. The Balaban J connectivity index is 2.05. The van der Waals surface area contributed by atoms with Gasteiger partial charge in [-0.15, -0.1) is 0 Å². The molecule has 0 radical (unpaired) electrons. The molecule has 124 valence electrons. The molecule has 5 nitrogen and oxygen atoms in total. The first-order chi connectivity index (χ1) is 11.3. The fourth-order valence-corrected chi connectivity index (χ4v) is 3.86. The third-order valence-electron chi connectivity index (χ3n) is 3.29. The predicted octanol–water partition coefficient (Wildman–Crippen LogP) is 4.18. The van der Waals surface area contributed by atoms with Crippen molar-refractivity contribution in [2.45, 2.75) is 11.8 Å². The maximum absolute atomic E-state index is 12.4. The van der Waals surface area contributed by atoms with Crippen LogP contribution < -0.4 is 9.81 Å². The molecule has 0 aliphatic heterocycles. The fourth-order valence-electron chi connectivity index (χ4n) is 2.20. The molecule has 0 spiro atoms. The van der Waals surface area contributed by atoms with Crippen molar-refractivity contribution in [3.63, 3.8) is 0 Å². The lowest BCUT2D eigenvalue weighted by Crippen LogP contribution is -2.10. The number of halogens is 2. The third-order valence-corrected chi connectivity index (χ3v) is 5.26. The Morgan fingerprint density at radius 1 is 1.04 bits per heavy atom. The molecule has 24 heavy (non-hydrogen) atoms. The highest BCUT2D eigenvalue weighted by atomic mass is 35.5. The molecule has 1 aromatic heterocycles. The zero-order chi connectivity index (χ0) is 17.5. The number of hydrogen-bond donors (Lipinski definition) is 0. The molecule has 0 aliphatic rings. The van der Waals surface area contributed by atoms with Crippen LogP contribution in [0.3, 0.4) is 0 Å². The van der Waals surface area contributed by atoms with Gasteiger partial charge in [0.2, 0.25) is 0 Å². The van der Waals surface area contributed by atoms with Gasteiger partial charge in [0.05, 0.1) is 5.02 Å². The lowest BCUT2D eigenvalue weighted by Gasteiger charge is -2.09. The smallest absolute Gasteiger partial charge is 0.340 e. The van der Waals surface area contributed by atoms with Gasteiger partial charge in [-0.25, -0.2) is 4.79 Å². The molecular formula is C16H10Cl2O5S. The van der Waals surface area contributed by atoms with Crippen LogP contribution in [0, 0.1) is 6.92 Å². The van der Waals surface area contributed by atoms with E-state index in [9.17, 15) is 13.2 Å². The molecule has 0 fully saturated rings. The van der Waals surface area contributed by atoms with E-state index in [4.69, 9.17) is 31.8 Å². The standard InChI is InChI=1S/C16H10Cl2O5S/c1-9-6-16(19)22-14-8-11(3-4-12(9)14)23-24(20,21)15-7-10(17)2-5-13(15)18/h2-8H,1H3. The van der Waals surface area contributed by atoms with Gasteiger partial charge in [0.15, 0.2) is 0 Å². The van der Waals surface area contributed by atoms with E-state index in [1.807, 2.05) is 0 Å². The summed E-state index contributed by atoms with van der Waals surface area (Å²) in [5, 5.41) is 0.879. The van der Waals surface area contributed by atoms with E-state index in [-0.39, 0.29) is 26.3 Å². The van der Waals surface area contributed by atoms with Gasteiger partial charge in [-0.05, 0) is 42.8 Å². The molecule has 0 unspecified atom stereocenters. The van der Waals surface area contributed by atoms with E-state index in [2.05, 4.69) is 0 Å². The normalized spacial score (nSPS) is 11.6. The minimum atomic E-state index is -4.19. The molecule has 0 aliphatic carbocycles. The highest BCUT2D eigenvalue weighted by Gasteiger charge is 2.21. The minimum Gasteiger partial charge on any atom is -0.423 e. The maximum atomic E-state index is 12.4. The second-order valence-corrected chi connectivity index (χ2v) is 7.38. The van der Waals surface area contributed by atoms with Crippen LogP contribution in [0.5, 0.6) is 5.75 Å². The van der Waals surface area contributed by atoms with Gasteiger partial charge in [0.1, 0.15) is 16.2 Å². The van der Waals surface area contributed by atoms with Crippen LogP contribution in [0.1, 0.15) is 5.56 Å². The Labute approximate surface area is 147 Å². The van der Waals surface area contributed by atoms with Crippen LogP contribution in [-0.2, 0) is 10.1 Å². The van der Waals surface area contributed by atoms with E-state index in [1.165, 1.54) is 36.4 Å². The minimum absolute atomic E-state index is 0.00714. The molecule has 8 heteroatoms. The van der Waals surface area contributed by atoms with E-state index >= 15 is 0 Å². The number of benzene rings is 2. The lowest BCUT2D eigenvalue weighted by molar-refractivity contribution is 0.485. The maximum Gasteiger partial charge on any atom is 0.340 e. The molecule has 3 rings (SSSR count). The van der Waals surface area contributed by atoms with E-state index in [1.54, 1.807) is 13.0 Å². The predicted molar refractivity (Wildman–Crippen MR) is 91.5 cm³/mol. The Bertz CT molecular complexity index is 1100. The molecule has 0 atom stereocenters. The zero-order valence-corrected chi connectivity index (χ0v) is 14.6. The molecule has 1 heterocycles. The fraction of sp³-hybridized carbons (Fsp3) is 0.0625. The van der Waals surface area contributed by atoms with E-state index < -0.39 is 15.7 Å². The van der Waals surface area contributed by atoms with Crippen LogP contribution in [0.4, 0.5) is 0 Å². The van der Waals surface area contributed by atoms with Crippen molar-refractivity contribution < 1.29 is 17.0 Å². The highest BCUT2D eigenvalue weighted by molar-refractivity contribution is 7.87. The first kappa shape index (κ1) is 16.8. The van der Waals surface area contributed by atoms with Crippen LogP contribution in [0.25, 0.3) is 11.0 Å². The topological polar surface area (TPSA) is 73.6 Å². The van der Waals surface area contributed by atoms with E-state index in [0.717, 1.165) is 0 Å². The van der Waals surface area contributed by atoms with Crippen molar-refractivity contribution in [2.24, 2.45) is 0 Å². The Morgan fingerprint density at radius 2 is 1.79 bits per heavy atom. The summed E-state index contributed by atoms with van der Waals surface area (Å²) in [6.07, 6.45) is 0. The van der Waals surface area contributed by atoms with Gasteiger partial charge < -0.3 is 8.60 Å². The second-order valence-electron chi connectivity index (χ2n) is 5.02. The van der Waals surface area contributed by atoms with Gasteiger partial charge in [0.25, 0.3) is 0 Å². The monoisotopic (exact) mass is 384 g/mol. The van der Waals surface area contributed by atoms with Crippen molar-refractivity contribution in [1.29, 1.82) is 0 Å².